The molecule has 3 N–H and O–H groups in total. The lowest BCUT2D eigenvalue weighted by molar-refractivity contribution is -0.147. The molecule has 1 fully saturated rings. The van der Waals surface area contributed by atoms with Crippen LogP contribution in [-0.2, 0) is 9.59 Å². The number of hydrogen-bond acceptors (Lipinski definition) is 4. The van der Waals surface area contributed by atoms with Gasteiger partial charge in [-0.1, -0.05) is 18.2 Å². The molecule has 1 aliphatic rings. The van der Waals surface area contributed by atoms with Crippen LogP contribution in [0, 0.1) is 0 Å². The third-order valence-corrected chi connectivity index (χ3v) is 3.45. The zero-order chi connectivity index (χ0) is 13.2. The molecule has 1 saturated heterocycles. The fraction of sp³-hybridized carbons (Fsp3) is 0.385. The lowest BCUT2D eigenvalue weighted by atomic mass is 9.90. The van der Waals surface area contributed by atoms with Gasteiger partial charge in [0.15, 0.2) is 11.3 Å². The number of para-hydroxylation sites is 1. The van der Waals surface area contributed by atoms with Crippen molar-refractivity contribution in [1.29, 1.82) is 0 Å². The van der Waals surface area contributed by atoms with Crippen molar-refractivity contribution in [2.45, 2.75) is 18.4 Å². The molecular formula is C13H16N2O3. The predicted molar refractivity (Wildman–Crippen MR) is 67.5 cm³/mol. The van der Waals surface area contributed by atoms with Crippen LogP contribution < -0.4 is 10.6 Å². The van der Waals surface area contributed by atoms with Gasteiger partial charge in [-0.2, -0.15) is 0 Å². The van der Waals surface area contributed by atoms with E-state index in [0.29, 0.717) is 19.4 Å². The number of anilines is 1. The van der Waals surface area contributed by atoms with E-state index in [1.54, 1.807) is 4.90 Å². The molecule has 0 saturated carbocycles. The Morgan fingerprint density at radius 3 is 2.56 bits per heavy atom. The van der Waals surface area contributed by atoms with Crippen LogP contribution in [0.4, 0.5) is 5.69 Å². The molecule has 0 amide bonds. The van der Waals surface area contributed by atoms with Gasteiger partial charge >= 0.3 is 5.97 Å². The van der Waals surface area contributed by atoms with Crippen LogP contribution in [-0.4, -0.2) is 35.5 Å². The third kappa shape index (κ3) is 1.76. The van der Waals surface area contributed by atoms with Crippen molar-refractivity contribution in [2.75, 3.05) is 18.0 Å². The van der Waals surface area contributed by atoms with E-state index in [0.717, 1.165) is 5.69 Å². The van der Waals surface area contributed by atoms with Gasteiger partial charge in [-0.25, -0.2) is 4.79 Å². The molecule has 0 bridgehead atoms. The van der Waals surface area contributed by atoms with Gasteiger partial charge in [0, 0.05) is 12.2 Å². The van der Waals surface area contributed by atoms with Gasteiger partial charge < -0.3 is 15.7 Å². The summed E-state index contributed by atoms with van der Waals surface area (Å²) in [7, 11) is 0. The molecule has 0 radical (unpaired) electrons. The van der Waals surface area contributed by atoms with Gasteiger partial charge in [0.2, 0.25) is 0 Å². The summed E-state index contributed by atoms with van der Waals surface area (Å²) in [6.07, 6.45) is 0.986. The van der Waals surface area contributed by atoms with Crippen molar-refractivity contribution in [3.8, 4) is 0 Å². The molecule has 18 heavy (non-hydrogen) atoms. The Kier molecular flexibility index (Phi) is 3.34. The molecule has 0 spiro atoms. The van der Waals surface area contributed by atoms with Gasteiger partial charge in [0.05, 0.1) is 6.54 Å². The highest BCUT2D eigenvalue weighted by Gasteiger charge is 2.53. The molecule has 0 aromatic heterocycles. The molecule has 5 nitrogen and oxygen atoms in total. The summed E-state index contributed by atoms with van der Waals surface area (Å²) in [6, 6.07) is 9.13. The molecule has 1 aromatic rings. The Bertz CT molecular complexity index is 461. The zero-order valence-corrected chi connectivity index (χ0v) is 10.0. The standard InChI is InChI=1S/C13H16N2O3/c14-9-11(16)13(12(17)18)7-4-8-15(13)10-5-2-1-3-6-10/h1-3,5-6H,4,7-9,14H2,(H,17,18). The molecule has 2 rings (SSSR count). The number of nitrogens with two attached hydrogens (primary N) is 1. The Labute approximate surface area is 105 Å². The minimum absolute atomic E-state index is 0.254. The van der Waals surface area contributed by atoms with Gasteiger partial charge in [-0.15, -0.1) is 0 Å². The minimum Gasteiger partial charge on any atom is -0.479 e. The quantitative estimate of drug-likeness (QED) is 0.764. The third-order valence-electron chi connectivity index (χ3n) is 3.45. The van der Waals surface area contributed by atoms with Crippen molar-refractivity contribution in [1.82, 2.24) is 0 Å². The Morgan fingerprint density at radius 2 is 2.00 bits per heavy atom. The number of hydrogen-bond donors (Lipinski definition) is 2. The number of carboxylic acids is 1. The maximum atomic E-state index is 12.0. The highest BCUT2D eigenvalue weighted by atomic mass is 16.4. The first-order valence-electron chi connectivity index (χ1n) is 5.92. The van der Waals surface area contributed by atoms with Crippen molar-refractivity contribution in [2.24, 2.45) is 5.73 Å². The van der Waals surface area contributed by atoms with Crippen molar-refractivity contribution in [3.63, 3.8) is 0 Å². The van der Waals surface area contributed by atoms with Gasteiger partial charge in [0.1, 0.15) is 0 Å². The summed E-state index contributed by atoms with van der Waals surface area (Å²) >= 11 is 0. The minimum atomic E-state index is -1.49. The lowest BCUT2D eigenvalue weighted by Crippen LogP contribution is -2.58. The van der Waals surface area contributed by atoms with E-state index in [-0.39, 0.29) is 6.54 Å². The molecule has 5 heteroatoms. The van der Waals surface area contributed by atoms with E-state index in [1.165, 1.54) is 0 Å². The number of nitrogens with zero attached hydrogens (tertiary/aromatic N) is 1. The maximum absolute atomic E-state index is 12.0. The van der Waals surface area contributed by atoms with E-state index >= 15 is 0 Å². The average molecular weight is 248 g/mol. The summed E-state index contributed by atoms with van der Waals surface area (Å²) in [5.41, 5.74) is 4.63. The number of ketones is 1. The first kappa shape index (κ1) is 12.6. The number of carbonyl (C=O) groups is 2. The fourth-order valence-corrected chi connectivity index (χ4v) is 2.58. The molecule has 1 heterocycles. The van der Waals surface area contributed by atoms with E-state index < -0.39 is 17.3 Å². The molecule has 1 aromatic carbocycles. The highest BCUT2D eigenvalue weighted by Crippen LogP contribution is 2.35. The Hall–Kier alpha value is -1.88. The van der Waals surface area contributed by atoms with Crippen LogP contribution in [0.2, 0.25) is 0 Å². The number of benzene rings is 1. The second-order valence-corrected chi connectivity index (χ2v) is 4.38. The fourth-order valence-electron chi connectivity index (χ4n) is 2.58. The van der Waals surface area contributed by atoms with E-state index in [1.807, 2.05) is 30.3 Å². The molecule has 1 unspecified atom stereocenters. The predicted octanol–water partition coefficient (Wildman–Crippen LogP) is 0.638. The molecule has 1 aliphatic heterocycles. The SMILES string of the molecule is NCC(=O)C1(C(=O)O)CCCN1c1ccccc1. The number of Topliss-reactive ketones (excluding diaryl/α,β-unsaturated/α-hetero) is 1. The second kappa shape index (κ2) is 4.78. The van der Waals surface area contributed by atoms with Crippen molar-refractivity contribution >= 4 is 17.4 Å². The summed E-state index contributed by atoms with van der Waals surface area (Å²) in [5, 5.41) is 9.48. The molecular weight excluding hydrogens is 232 g/mol. The summed E-state index contributed by atoms with van der Waals surface area (Å²) in [5.74, 6) is -1.55. The van der Waals surface area contributed by atoms with Crippen molar-refractivity contribution < 1.29 is 14.7 Å². The van der Waals surface area contributed by atoms with Crippen LogP contribution in [0.25, 0.3) is 0 Å². The normalized spacial score (nSPS) is 23.1. The zero-order valence-electron chi connectivity index (χ0n) is 10.0. The van der Waals surface area contributed by atoms with E-state index in [2.05, 4.69) is 0 Å². The highest BCUT2D eigenvalue weighted by molar-refractivity contribution is 6.12. The maximum Gasteiger partial charge on any atom is 0.337 e. The lowest BCUT2D eigenvalue weighted by Gasteiger charge is -2.34. The Balaban J connectivity index is 2.46. The van der Waals surface area contributed by atoms with Crippen LogP contribution in [0.15, 0.2) is 30.3 Å². The smallest absolute Gasteiger partial charge is 0.337 e. The first-order chi connectivity index (χ1) is 8.63. The van der Waals surface area contributed by atoms with Crippen LogP contribution in [0.1, 0.15) is 12.8 Å². The van der Waals surface area contributed by atoms with Crippen LogP contribution >= 0.6 is 0 Å². The Morgan fingerprint density at radius 1 is 1.33 bits per heavy atom. The number of carbonyl (C=O) groups excluding carboxylic acids is 1. The molecule has 1 atom stereocenters. The second-order valence-electron chi connectivity index (χ2n) is 4.38. The molecule has 0 aliphatic carbocycles. The van der Waals surface area contributed by atoms with Gasteiger partial charge in [-0.05, 0) is 25.0 Å². The van der Waals surface area contributed by atoms with Gasteiger partial charge in [-0.3, -0.25) is 4.79 Å². The van der Waals surface area contributed by atoms with Crippen molar-refractivity contribution in [3.05, 3.63) is 30.3 Å². The number of aliphatic carboxylic acids is 1. The van der Waals surface area contributed by atoms with Crippen LogP contribution in [0.3, 0.4) is 0 Å². The number of carboxylic acid groups (broad SMARTS) is 1. The van der Waals surface area contributed by atoms with E-state index in [9.17, 15) is 14.7 Å². The summed E-state index contributed by atoms with van der Waals surface area (Å²) in [6.45, 7) is 0.303. The van der Waals surface area contributed by atoms with Gasteiger partial charge in [0.25, 0.3) is 0 Å². The molecule has 96 valence electrons. The average Bonchev–Trinajstić information content (AvgIpc) is 2.84. The number of rotatable bonds is 4. The van der Waals surface area contributed by atoms with Crippen LogP contribution in [0.5, 0.6) is 0 Å². The summed E-state index contributed by atoms with van der Waals surface area (Å²) < 4.78 is 0. The van der Waals surface area contributed by atoms with E-state index in [4.69, 9.17) is 5.73 Å². The summed E-state index contributed by atoms with van der Waals surface area (Å²) in [4.78, 5) is 25.3. The topological polar surface area (TPSA) is 83.6 Å². The largest absolute Gasteiger partial charge is 0.479 e. The monoisotopic (exact) mass is 248 g/mol. The first-order valence-corrected chi connectivity index (χ1v) is 5.92.